The summed E-state index contributed by atoms with van der Waals surface area (Å²) >= 11 is 0. The number of hydrogen-bond acceptors (Lipinski definition) is 4. The van der Waals surface area contributed by atoms with E-state index in [0.717, 1.165) is 17.8 Å². The molecule has 1 aromatic heterocycles. The molecule has 136 valence electrons. The van der Waals surface area contributed by atoms with Gasteiger partial charge in [-0.25, -0.2) is 0 Å². The number of nitrogens with zero attached hydrogens (tertiary/aromatic N) is 4. The molecule has 6 nitrogen and oxygen atoms in total. The Bertz CT molecular complexity index is 780. The van der Waals surface area contributed by atoms with Crippen molar-refractivity contribution in [2.45, 2.75) is 51.5 Å². The molecule has 1 unspecified atom stereocenters. The lowest BCUT2D eigenvalue weighted by molar-refractivity contribution is -0.0688. The second-order valence-electron chi connectivity index (χ2n) is 8.75. The minimum Gasteiger partial charge on any atom is -0.349 e. The average molecular weight is 351 g/mol. The summed E-state index contributed by atoms with van der Waals surface area (Å²) in [5.74, 6) is 2.62. The first-order valence-electron chi connectivity index (χ1n) is 9.76. The Morgan fingerprint density at radius 2 is 1.81 bits per heavy atom. The Morgan fingerprint density at radius 1 is 1.15 bits per heavy atom. The first kappa shape index (κ1) is 16.0. The summed E-state index contributed by atoms with van der Waals surface area (Å²) in [6.45, 7) is 2.21. The number of aromatic nitrogens is 4. The van der Waals surface area contributed by atoms with E-state index in [-0.39, 0.29) is 11.9 Å². The third kappa shape index (κ3) is 2.54. The van der Waals surface area contributed by atoms with Crippen LogP contribution >= 0.6 is 0 Å². The van der Waals surface area contributed by atoms with E-state index in [2.05, 4.69) is 27.8 Å². The highest BCUT2D eigenvalue weighted by atomic mass is 16.1. The molecular formula is C20H25N5O. The Hall–Kier alpha value is -2.24. The van der Waals surface area contributed by atoms with Gasteiger partial charge in [0.05, 0.1) is 11.3 Å². The molecule has 1 aromatic carbocycles. The van der Waals surface area contributed by atoms with E-state index in [1.165, 1.54) is 44.9 Å². The second kappa shape index (κ2) is 5.89. The van der Waals surface area contributed by atoms with Gasteiger partial charge in [-0.1, -0.05) is 12.1 Å². The molecule has 26 heavy (non-hydrogen) atoms. The predicted octanol–water partition coefficient (Wildman–Crippen LogP) is 3.00. The molecule has 4 bridgehead atoms. The summed E-state index contributed by atoms with van der Waals surface area (Å²) in [5.41, 5.74) is 1.64. The highest BCUT2D eigenvalue weighted by Crippen LogP contribution is 2.61. The predicted molar refractivity (Wildman–Crippen MR) is 96.7 cm³/mol. The van der Waals surface area contributed by atoms with E-state index in [4.69, 9.17) is 0 Å². The first-order valence-corrected chi connectivity index (χ1v) is 9.76. The minimum absolute atomic E-state index is 0.0284. The molecule has 0 aliphatic heterocycles. The zero-order valence-corrected chi connectivity index (χ0v) is 15.1. The van der Waals surface area contributed by atoms with Crippen molar-refractivity contribution in [3.05, 3.63) is 36.2 Å². The van der Waals surface area contributed by atoms with Crippen molar-refractivity contribution in [2.24, 2.45) is 23.2 Å². The van der Waals surface area contributed by atoms with Crippen LogP contribution in [0.2, 0.25) is 0 Å². The van der Waals surface area contributed by atoms with E-state index in [0.29, 0.717) is 16.7 Å². The molecule has 0 radical (unpaired) electrons. The Morgan fingerprint density at radius 3 is 2.42 bits per heavy atom. The van der Waals surface area contributed by atoms with Gasteiger partial charge in [0.1, 0.15) is 6.33 Å². The average Bonchev–Trinajstić information content (AvgIpc) is 3.15. The maximum atomic E-state index is 13.1. The molecule has 0 saturated heterocycles. The van der Waals surface area contributed by atoms with Gasteiger partial charge in [-0.15, -0.1) is 5.10 Å². The number of amides is 1. The number of carbonyl (C=O) groups excluding carboxylic acids is 1. The zero-order valence-electron chi connectivity index (χ0n) is 15.1. The van der Waals surface area contributed by atoms with Crippen LogP contribution in [0.3, 0.4) is 0 Å². The maximum absolute atomic E-state index is 13.1. The van der Waals surface area contributed by atoms with Crippen LogP contribution in [0.4, 0.5) is 0 Å². The SMILES string of the molecule is CC(NC(=O)c1ccccc1-n1cnnn1)C12CC3CC(CC(C3)C1)C2. The number of nitrogens with one attached hydrogen (secondary N) is 1. The largest absolute Gasteiger partial charge is 0.349 e. The molecule has 2 aromatic rings. The van der Waals surface area contributed by atoms with Gasteiger partial charge in [-0.3, -0.25) is 4.79 Å². The molecule has 4 aliphatic carbocycles. The number of tetrazole rings is 1. The fraction of sp³-hybridized carbons (Fsp3) is 0.600. The quantitative estimate of drug-likeness (QED) is 0.919. The fourth-order valence-electron chi connectivity index (χ4n) is 6.27. The Kier molecular flexibility index (Phi) is 3.62. The summed E-state index contributed by atoms with van der Waals surface area (Å²) in [5, 5.41) is 14.6. The normalized spacial score (nSPS) is 33.2. The van der Waals surface area contributed by atoms with Crippen molar-refractivity contribution >= 4 is 5.91 Å². The molecule has 4 aliphatic rings. The molecule has 1 atom stereocenters. The third-order valence-electron chi connectivity index (χ3n) is 7.10. The summed E-state index contributed by atoms with van der Waals surface area (Å²) in [4.78, 5) is 13.1. The highest BCUT2D eigenvalue weighted by Gasteiger charge is 2.53. The van der Waals surface area contributed by atoms with Crippen molar-refractivity contribution in [2.75, 3.05) is 0 Å². The zero-order chi connectivity index (χ0) is 17.7. The molecule has 4 fully saturated rings. The minimum atomic E-state index is -0.0284. The first-order chi connectivity index (χ1) is 12.6. The number of rotatable bonds is 4. The Balaban J connectivity index is 1.38. The number of hydrogen-bond donors (Lipinski definition) is 1. The van der Waals surface area contributed by atoms with E-state index in [1.54, 1.807) is 4.68 Å². The van der Waals surface area contributed by atoms with Crippen LogP contribution in [0.15, 0.2) is 30.6 Å². The third-order valence-corrected chi connectivity index (χ3v) is 7.10. The van der Waals surface area contributed by atoms with Crippen molar-refractivity contribution in [1.29, 1.82) is 0 Å². The molecule has 1 heterocycles. The van der Waals surface area contributed by atoms with Crippen LogP contribution < -0.4 is 5.32 Å². The van der Waals surface area contributed by atoms with Gasteiger partial charge in [-0.2, -0.15) is 4.68 Å². The molecule has 6 rings (SSSR count). The van der Waals surface area contributed by atoms with Crippen molar-refractivity contribution in [3.8, 4) is 5.69 Å². The van der Waals surface area contributed by atoms with Crippen LogP contribution in [0, 0.1) is 23.2 Å². The van der Waals surface area contributed by atoms with Gasteiger partial charge in [0.25, 0.3) is 5.91 Å². The summed E-state index contributed by atoms with van der Waals surface area (Å²) in [7, 11) is 0. The van der Waals surface area contributed by atoms with Crippen LogP contribution in [0.5, 0.6) is 0 Å². The van der Waals surface area contributed by atoms with Gasteiger partial charge < -0.3 is 5.32 Å². The smallest absolute Gasteiger partial charge is 0.253 e. The molecule has 1 N–H and O–H groups in total. The monoisotopic (exact) mass is 351 g/mol. The highest BCUT2D eigenvalue weighted by molar-refractivity contribution is 5.97. The van der Waals surface area contributed by atoms with Gasteiger partial charge in [-0.05, 0) is 91.2 Å². The van der Waals surface area contributed by atoms with Crippen LogP contribution in [-0.4, -0.2) is 32.2 Å². The van der Waals surface area contributed by atoms with Crippen LogP contribution in [-0.2, 0) is 0 Å². The molecule has 6 heteroatoms. The van der Waals surface area contributed by atoms with E-state index < -0.39 is 0 Å². The van der Waals surface area contributed by atoms with Crippen molar-refractivity contribution in [1.82, 2.24) is 25.5 Å². The van der Waals surface area contributed by atoms with Crippen LogP contribution in [0.1, 0.15) is 55.8 Å². The molecular weight excluding hydrogens is 326 g/mol. The summed E-state index contributed by atoms with van der Waals surface area (Å²) < 4.78 is 1.55. The van der Waals surface area contributed by atoms with Crippen molar-refractivity contribution < 1.29 is 4.79 Å². The number of carbonyl (C=O) groups is 1. The topological polar surface area (TPSA) is 72.7 Å². The van der Waals surface area contributed by atoms with Crippen molar-refractivity contribution in [3.63, 3.8) is 0 Å². The van der Waals surface area contributed by atoms with Gasteiger partial charge >= 0.3 is 0 Å². The van der Waals surface area contributed by atoms with Gasteiger partial charge in [0.15, 0.2) is 0 Å². The fourth-order valence-corrected chi connectivity index (χ4v) is 6.27. The summed E-state index contributed by atoms with van der Waals surface area (Å²) in [6, 6.07) is 7.71. The maximum Gasteiger partial charge on any atom is 0.253 e. The Labute approximate surface area is 153 Å². The molecule has 0 spiro atoms. The van der Waals surface area contributed by atoms with Gasteiger partial charge in [0.2, 0.25) is 0 Å². The van der Waals surface area contributed by atoms with E-state index in [1.807, 2.05) is 24.3 Å². The van der Waals surface area contributed by atoms with Crippen LogP contribution in [0.25, 0.3) is 5.69 Å². The lowest BCUT2D eigenvalue weighted by Crippen LogP contribution is -2.55. The van der Waals surface area contributed by atoms with E-state index >= 15 is 0 Å². The standard InChI is InChI=1S/C20H25N5O/c1-13(20-9-14-6-15(10-20)8-16(7-14)11-20)22-19(26)17-4-2-3-5-18(17)25-12-21-23-24-25/h2-5,12-16H,6-11H2,1H3,(H,22,26). The number of benzene rings is 1. The van der Waals surface area contributed by atoms with E-state index in [9.17, 15) is 4.79 Å². The second-order valence-corrected chi connectivity index (χ2v) is 8.75. The molecule has 1 amide bonds. The lowest BCUT2D eigenvalue weighted by Gasteiger charge is -2.59. The molecule has 4 saturated carbocycles. The summed E-state index contributed by atoms with van der Waals surface area (Å²) in [6.07, 6.45) is 9.64. The van der Waals surface area contributed by atoms with Gasteiger partial charge in [0, 0.05) is 6.04 Å². The lowest BCUT2D eigenvalue weighted by atomic mass is 9.48. The number of para-hydroxylation sites is 1.